The SMILES string of the molecule is CC(NC(=O)CN1CCN(c2ncccc2C#N)CC1)c1ccc2c(c1)CCCC2. The fourth-order valence-electron chi connectivity index (χ4n) is 4.45. The topological polar surface area (TPSA) is 72.3 Å². The van der Waals surface area contributed by atoms with Crippen LogP contribution in [-0.2, 0) is 17.6 Å². The van der Waals surface area contributed by atoms with Gasteiger partial charge in [0.25, 0.3) is 0 Å². The van der Waals surface area contributed by atoms with Gasteiger partial charge in [-0.2, -0.15) is 5.26 Å². The van der Waals surface area contributed by atoms with E-state index in [1.54, 1.807) is 18.3 Å². The molecule has 4 rings (SSSR count). The van der Waals surface area contributed by atoms with E-state index >= 15 is 0 Å². The van der Waals surface area contributed by atoms with Crippen LogP contribution in [0.5, 0.6) is 0 Å². The number of pyridine rings is 1. The van der Waals surface area contributed by atoms with E-state index in [0.29, 0.717) is 12.1 Å². The number of carbonyl (C=O) groups is 1. The summed E-state index contributed by atoms with van der Waals surface area (Å²) >= 11 is 0. The van der Waals surface area contributed by atoms with E-state index in [1.165, 1.54) is 36.0 Å². The summed E-state index contributed by atoms with van der Waals surface area (Å²) in [5.41, 5.74) is 4.70. The molecule has 2 aliphatic rings. The first kappa shape index (κ1) is 20.4. The van der Waals surface area contributed by atoms with Crippen LogP contribution < -0.4 is 10.2 Å². The summed E-state index contributed by atoms with van der Waals surface area (Å²) in [5.74, 6) is 0.800. The van der Waals surface area contributed by atoms with Crippen LogP contribution in [-0.4, -0.2) is 48.5 Å². The summed E-state index contributed by atoms with van der Waals surface area (Å²) in [4.78, 5) is 21.3. The van der Waals surface area contributed by atoms with Gasteiger partial charge in [-0.1, -0.05) is 18.2 Å². The molecule has 0 saturated carbocycles. The van der Waals surface area contributed by atoms with E-state index in [2.05, 4.69) is 51.3 Å². The number of carbonyl (C=O) groups excluding carboxylic acids is 1. The van der Waals surface area contributed by atoms with Gasteiger partial charge < -0.3 is 10.2 Å². The molecule has 1 atom stereocenters. The number of fused-ring (bicyclic) bond motifs is 1. The van der Waals surface area contributed by atoms with Gasteiger partial charge in [0.2, 0.25) is 5.91 Å². The van der Waals surface area contributed by atoms with Gasteiger partial charge in [-0.25, -0.2) is 4.98 Å². The van der Waals surface area contributed by atoms with Crippen molar-refractivity contribution in [1.29, 1.82) is 5.26 Å². The molecule has 0 bridgehead atoms. The van der Waals surface area contributed by atoms with Crippen molar-refractivity contribution in [3.8, 4) is 6.07 Å². The number of anilines is 1. The normalized spacial score (nSPS) is 17.7. The highest BCUT2D eigenvalue weighted by atomic mass is 16.2. The lowest BCUT2D eigenvalue weighted by Gasteiger charge is -2.35. The molecule has 1 aromatic heterocycles. The van der Waals surface area contributed by atoms with Gasteiger partial charge in [-0.05, 0) is 61.4 Å². The maximum absolute atomic E-state index is 12.6. The van der Waals surface area contributed by atoms with Crippen molar-refractivity contribution in [2.24, 2.45) is 0 Å². The highest BCUT2D eigenvalue weighted by molar-refractivity contribution is 5.78. The lowest BCUT2D eigenvalue weighted by atomic mass is 9.89. The van der Waals surface area contributed by atoms with Crippen molar-refractivity contribution in [2.75, 3.05) is 37.6 Å². The number of hydrogen-bond acceptors (Lipinski definition) is 5. The number of aromatic nitrogens is 1. The summed E-state index contributed by atoms with van der Waals surface area (Å²) in [6.45, 7) is 5.55. The molecule has 1 aromatic carbocycles. The van der Waals surface area contributed by atoms with Crippen LogP contribution in [0.4, 0.5) is 5.82 Å². The molecule has 1 amide bonds. The van der Waals surface area contributed by atoms with Crippen LogP contribution in [0.2, 0.25) is 0 Å². The fraction of sp³-hybridized carbons (Fsp3) is 0.458. The number of piperazine rings is 1. The predicted molar refractivity (Wildman–Crippen MR) is 117 cm³/mol. The molecule has 1 N–H and O–H groups in total. The number of nitrogens with one attached hydrogen (secondary N) is 1. The zero-order valence-corrected chi connectivity index (χ0v) is 17.6. The number of aryl methyl sites for hydroxylation is 2. The zero-order valence-electron chi connectivity index (χ0n) is 17.6. The third-order valence-electron chi connectivity index (χ3n) is 6.20. The van der Waals surface area contributed by atoms with Gasteiger partial charge in [0.15, 0.2) is 0 Å². The van der Waals surface area contributed by atoms with Crippen molar-refractivity contribution in [3.05, 3.63) is 58.8 Å². The minimum absolute atomic E-state index is 0.0118. The van der Waals surface area contributed by atoms with Gasteiger partial charge in [-0.15, -0.1) is 0 Å². The summed E-state index contributed by atoms with van der Waals surface area (Å²) < 4.78 is 0. The molecule has 156 valence electrons. The van der Waals surface area contributed by atoms with Crippen molar-refractivity contribution in [2.45, 2.75) is 38.6 Å². The standard InChI is InChI=1S/C24H29N5O/c1-18(20-9-8-19-5-2-3-6-21(19)15-20)27-23(30)17-28-11-13-29(14-12-28)24-22(16-25)7-4-10-26-24/h4,7-10,15,18H,2-3,5-6,11-14,17H2,1H3,(H,27,30). The lowest BCUT2D eigenvalue weighted by Crippen LogP contribution is -2.50. The van der Waals surface area contributed by atoms with Gasteiger partial charge in [0.1, 0.15) is 11.9 Å². The van der Waals surface area contributed by atoms with E-state index in [4.69, 9.17) is 0 Å². The van der Waals surface area contributed by atoms with Crippen LogP contribution >= 0.6 is 0 Å². The maximum atomic E-state index is 12.6. The molecule has 2 aromatic rings. The maximum Gasteiger partial charge on any atom is 0.234 e. The van der Waals surface area contributed by atoms with E-state index in [0.717, 1.165) is 38.4 Å². The minimum atomic E-state index is 0.0118. The second-order valence-electron chi connectivity index (χ2n) is 8.27. The molecule has 0 radical (unpaired) electrons. The molecule has 1 saturated heterocycles. The van der Waals surface area contributed by atoms with E-state index < -0.39 is 0 Å². The molecule has 1 aliphatic carbocycles. The van der Waals surface area contributed by atoms with E-state index in [9.17, 15) is 10.1 Å². The molecule has 0 spiro atoms. The predicted octanol–water partition coefficient (Wildman–Crippen LogP) is 2.83. The number of rotatable bonds is 5. The smallest absolute Gasteiger partial charge is 0.234 e. The Morgan fingerprint density at radius 3 is 2.70 bits per heavy atom. The summed E-state index contributed by atoms with van der Waals surface area (Å²) in [5, 5.41) is 12.4. The third kappa shape index (κ3) is 4.63. The molecule has 1 unspecified atom stereocenters. The second kappa shape index (κ2) is 9.27. The third-order valence-corrected chi connectivity index (χ3v) is 6.20. The second-order valence-corrected chi connectivity index (χ2v) is 8.27. The monoisotopic (exact) mass is 403 g/mol. The molecular formula is C24H29N5O. The van der Waals surface area contributed by atoms with Gasteiger partial charge in [0, 0.05) is 32.4 Å². The number of nitrogens with zero attached hydrogens (tertiary/aromatic N) is 4. The van der Waals surface area contributed by atoms with Gasteiger partial charge in [0.05, 0.1) is 18.2 Å². The Morgan fingerprint density at radius 2 is 1.93 bits per heavy atom. The number of amides is 1. The Morgan fingerprint density at radius 1 is 1.17 bits per heavy atom. The van der Waals surface area contributed by atoms with Crippen molar-refractivity contribution < 1.29 is 4.79 Å². The van der Waals surface area contributed by atoms with Crippen LogP contribution in [0.1, 0.15) is 48.1 Å². The summed E-state index contributed by atoms with van der Waals surface area (Å²) in [7, 11) is 0. The highest BCUT2D eigenvalue weighted by Gasteiger charge is 2.22. The minimum Gasteiger partial charge on any atom is -0.353 e. The largest absolute Gasteiger partial charge is 0.353 e. The molecular weight excluding hydrogens is 374 g/mol. The Hall–Kier alpha value is -2.91. The Labute approximate surface area is 178 Å². The summed E-state index contributed by atoms with van der Waals surface area (Å²) in [6.07, 6.45) is 6.59. The van der Waals surface area contributed by atoms with Crippen molar-refractivity contribution in [1.82, 2.24) is 15.2 Å². The van der Waals surface area contributed by atoms with Crippen molar-refractivity contribution >= 4 is 11.7 Å². The number of benzene rings is 1. The van der Waals surface area contributed by atoms with E-state index in [-0.39, 0.29) is 11.9 Å². The first-order valence-corrected chi connectivity index (χ1v) is 10.9. The van der Waals surface area contributed by atoms with Crippen LogP contribution in [0.15, 0.2) is 36.5 Å². The lowest BCUT2D eigenvalue weighted by molar-refractivity contribution is -0.123. The zero-order chi connectivity index (χ0) is 20.9. The Bertz CT molecular complexity index is 943. The van der Waals surface area contributed by atoms with Gasteiger partial charge >= 0.3 is 0 Å². The van der Waals surface area contributed by atoms with Gasteiger partial charge in [-0.3, -0.25) is 9.69 Å². The molecule has 6 nitrogen and oxygen atoms in total. The number of nitriles is 1. The molecule has 1 fully saturated rings. The molecule has 1 aliphatic heterocycles. The van der Waals surface area contributed by atoms with Crippen LogP contribution in [0.3, 0.4) is 0 Å². The average molecular weight is 404 g/mol. The van der Waals surface area contributed by atoms with Crippen LogP contribution in [0, 0.1) is 11.3 Å². The first-order chi connectivity index (χ1) is 14.6. The molecule has 2 heterocycles. The highest BCUT2D eigenvalue weighted by Crippen LogP contribution is 2.25. The quantitative estimate of drug-likeness (QED) is 0.831. The Balaban J connectivity index is 1.28. The van der Waals surface area contributed by atoms with Crippen LogP contribution in [0.25, 0.3) is 0 Å². The first-order valence-electron chi connectivity index (χ1n) is 10.9. The fourth-order valence-corrected chi connectivity index (χ4v) is 4.45. The Kier molecular flexibility index (Phi) is 6.29. The molecule has 6 heteroatoms. The summed E-state index contributed by atoms with van der Waals surface area (Å²) in [6, 6.07) is 12.5. The van der Waals surface area contributed by atoms with Crippen molar-refractivity contribution in [3.63, 3.8) is 0 Å². The average Bonchev–Trinajstić information content (AvgIpc) is 2.79. The van der Waals surface area contributed by atoms with E-state index in [1.807, 2.05) is 0 Å². The molecule has 30 heavy (non-hydrogen) atoms. The number of hydrogen-bond donors (Lipinski definition) is 1.